The quantitative estimate of drug-likeness (QED) is 0.441. The van der Waals surface area contributed by atoms with Gasteiger partial charge in [-0.2, -0.15) is 0 Å². The Morgan fingerprint density at radius 3 is 2.13 bits per heavy atom. The molecule has 0 fully saturated rings. The molecule has 1 unspecified atom stereocenters. The Balaban J connectivity index is 1.62. The normalized spacial score (nSPS) is 12.5. The van der Waals surface area contributed by atoms with Crippen molar-refractivity contribution in [3.63, 3.8) is 0 Å². The maximum Gasteiger partial charge on any atom is 0.240 e. The van der Waals surface area contributed by atoms with Crippen LogP contribution in [0.5, 0.6) is 0 Å². The first kappa shape index (κ1) is 20.9. The van der Waals surface area contributed by atoms with Gasteiger partial charge in [0, 0.05) is 17.3 Å². The Morgan fingerprint density at radius 2 is 1.58 bits per heavy atom. The standard InChI is InChI=1S/C25H27N3O3/c1-3-27(4-2)22(23-14-9-15-31-23)16-26-24(29)17-28-20-12-7-5-10-18(20)25(30)19-11-6-8-13-21(19)28/h5-15,22H,3-4,16-17H2,1-2H3,(H,26,29). The van der Waals surface area contributed by atoms with Crippen LogP contribution in [0.1, 0.15) is 25.6 Å². The minimum absolute atomic E-state index is 0.0118. The van der Waals surface area contributed by atoms with Crippen molar-refractivity contribution in [2.45, 2.75) is 26.4 Å². The van der Waals surface area contributed by atoms with Gasteiger partial charge in [-0.25, -0.2) is 0 Å². The summed E-state index contributed by atoms with van der Waals surface area (Å²) in [5, 5.41) is 4.31. The summed E-state index contributed by atoms with van der Waals surface area (Å²) in [4.78, 5) is 28.1. The Kier molecular flexibility index (Phi) is 6.18. The average molecular weight is 418 g/mol. The van der Waals surface area contributed by atoms with Gasteiger partial charge < -0.3 is 14.3 Å². The van der Waals surface area contributed by atoms with E-state index in [2.05, 4.69) is 24.1 Å². The van der Waals surface area contributed by atoms with Crippen molar-refractivity contribution in [1.29, 1.82) is 0 Å². The SMILES string of the molecule is CCN(CC)C(CNC(=O)Cn1c2ccccc2c(=O)c2ccccc21)c1ccco1. The fourth-order valence-electron chi connectivity index (χ4n) is 4.21. The predicted octanol–water partition coefficient (Wildman–Crippen LogP) is 3.95. The Bertz CT molecular complexity index is 1180. The molecule has 0 aliphatic heterocycles. The third-order valence-electron chi connectivity index (χ3n) is 5.80. The summed E-state index contributed by atoms with van der Waals surface area (Å²) in [5.41, 5.74) is 1.50. The van der Waals surface area contributed by atoms with Crippen LogP contribution in [-0.2, 0) is 11.3 Å². The average Bonchev–Trinajstić information content (AvgIpc) is 3.34. The van der Waals surface area contributed by atoms with Gasteiger partial charge in [0.2, 0.25) is 5.91 Å². The van der Waals surface area contributed by atoms with E-state index in [1.165, 1.54) is 0 Å². The molecule has 0 radical (unpaired) electrons. The molecular formula is C25H27N3O3. The molecule has 6 heteroatoms. The second-order valence-electron chi connectivity index (χ2n) is 7.51. The maximum absolute atomic E-state index is 13.0. The van der Waals surface area contributed by atoms with E-state index in [1.807, 2.05) is 65.2 Å². The number of rotatable bonds is 8. The van der Waals surface area contributed by atoms with E-state index in [0.717, 1.165) is 29.9 Å². The largest absolute Gasteiger partial charge is 0.468 e. The zero-order valence-electron chi connectivity index (χ0n) is 17.9. The first-order valence-corrected chi connectivity index (χ1v) is 10.7. The van der Waals surface area contributed by atoms with Gasteiger partial charge in [-0.1, -0.05) is 38.1 Å². The molecule has 4 aromatic rings. The third kappa shape index (κ3) is 4.11. The van der Waals surface area contributed by atoms with Crippen LogP contribution in [0.25, 0.3) is 21.8 Å². The topological polar surface area (TPSA) is 67.5 Å². The van der Waals surface area contributed by atoms with E-state index in [-0.39, 0.29) is 23.9 Å². The number of nitrogens with one attached hydrogen (secondary N) is 1. The van der Waals surface area contributed by atoms with Gasteiger partial charge in [-0.15, -0.1) is 0 Å². The molecule has 1 N–H and O–H groups in total. The van der Waals surface area contributed by atoms with Crippen LogP contribution in [0.4, 0.5) is 0 Å². The zero-order chi connectivity index (χ0) is 21.8. The van der Waals surface area contributed by atoms with E-state index in [0.29, 0.717) is 17.3 Å². The van der Waals surface area contributed by atoms with Crippen molar-refractivity contribution in [2.24, 2.45) is 0 Å². The second-order valence-corrected chi connectivity index (χ2v) is 7.51. The summed E-state index contributed by atoms with van der Waals surface area (Å²) in [5.74, 6) is 0.728. The van der Waals surface area contributed by atoms with Crippen LogP contribution >= 0.6 is 0 Å². The maximum atomic E-state index is 13.0. The van der Waals surface area contributed by atoms with Gasteiger partial charge in [-0.05, 0) is 49.5 Å². The number of aromatic nitrogens is 1. The van der Waals surface area contributed by atoms with E-state index in [1.54, 1.807) is 6.26 Å². The number of benzene rings is 2. The van der Waals surface area contributed by atoms with Gasteiger partial charge in [0.05, 0.1) is 23.3 Å². The van der Waals surface area contributed by atoms with E-state index in [9.17, 15) is 9.59 Å². The first-order valence-electron chi connectivity index (χ1n) is 10.7. The van der Waals surface area contributed by atoms with Gasteiger partial charge in [-0.3, -0.25) is 14.5 Å². The third-order valence-corrected chi connectivity index (χ3v) is 5.80. The van der Waals surface area contributed by atoms with Gasteiger partial charge in [0.25, 0.3) is 0 Å². The molecule has 1 atom stereocenters. The summed E-state index contributed by atoms with van der Waals surface area (Å²) in [7, 11) is 0. The van der Waals surface area contributed by atoms with Crippen molar-refractivity contribution in [3.05, 3.63) is 82.9 Å². The van der Waals surface area contributed by atoms with Crippen LogP contribution in [0.2, 0.25) is 0 Å². The van der Waals surface area contributed by atoms with Crippen LogP contribution in [-0.4, -0.2) is 35.0 Å². The molecule has 0 bridgehead atoms. The number of amides is 1. The molecule has 0 aliphatic rings. The van der Waals surface area contributed by atoms with E-state index in [4.69, 9.17) is 4.42 Å². The lowest BCUT2D eigenvalue weighted by Gasteiger charge is -2.28. The summed E-state index contributed by atoms with van der Waals surface area (Å²) >= 11 is 0. The monoisotopic (exact) mass is 417 g/mol. The molecule has 4 rings (SSSR count). The highest BCUT2D eigenvalue weighted by Gasteiger charge is 2.21. The van der Waals surface area contributed by atoms with E-state index >= 15 is 0 Å². The number of hydrogen-bond acceptors (Lipinski definition) is 4. The van der Waals surface area contributed by atoms with Crippen LogP contribution in [0, 0.1) is 0 Å². The number of para-hydroxylation sites is 2. The number of fused-ring (bicyclic) bond motifs is 2. The summed E-state index contributed by atoms with van der Waals surface area (Å²) in [6.45, 7) is 6.48. The molecule has 2 heterocycles. The number of hydrogen-bond donors (Lipinski definition) is 1. The lowest BCUT2D eigenvalue weighted by molar-refractivity contribution is -0.121. The highest BCUT2D eigenvalue weighted by atomic mass is 16.3. The lowest BCUT2D eigenvalue weighted by atomic mass is 10.1. The number of likely N-dealkylation sites (N-methyl/N-ethyl adjacent to an activating group) is 1. The number of carbonyl (C=O) groups is 1. The van der Waals surface area contributed by atoms with Gasteiger partial charge >= 0.3 is 0 Å². The number of carbonyl (C=O) groups excluding carboxylic acids is 1. The van der Waals surface area contributed by atoms with Crippen molar-refractivity contribution in [3.8, 4) is 0 Å². The predicted molar refractivity (Wildman–Crippen MR) is 123 cm³/mol. The number of pyridine rings is 1. The van der Waals surface area contributed by atoms with Crippen molar-refractivity contribution < 1.29 is 9.21 Å². The number of furan rings is 1. The molecule has 6 nitrogen and oxygen atoms in total. The highest BCUT2D eigenvalue weighted by Crippen LogP contribution is 2.21. The fourth-order valence-corrected chi connectivity index (χ4v) is 4.21. The molecule has 0 spiro atoms. The zero-order valence-corrected chi connectivity index (χ0v) is 17.9. The summed E-state index contributed by atoms with van der Waals surface area (Å²) in [6, 6.07) is 18.6. The molecule has 2 aromatic carbocycles. The fraction of sp³-hybridized carbons (Fsp3) is 0.280. The Hall–Kier alpha value is -3.38. The van der Waals surface area contributed by atoms with Crippen LogP contribution in [0.3, 0.4) is 0 Å². The van der Waals surface area contributed by atoms with Gasteiger partial charge in [0.1, 0.15) is 12.3 Å². The van der Waals surface area contributed by atoms with Crippen molar-refractivity contribution in [2.75, 3.05) is 19.6 Å². The molecule has 0 aliphatic carbocycles. The summed E-state index contributed by atoms with van der Waals surface area (Å²) < 4.78 is 7.54. The van der Waals surface area contributed by atoms with Gasteiger partial charge in [0.15, 0.2) is 5.43 Å². The Labute approximate surface area is 181 Å². The highest BCUT2D eigenvalue weighted by molar-refractivity contribution is 5.94. The molecule has 31 heavy (non-hydrogen) atoms. The van der Waals surface area contributed by atoms with Crippen molar-refractivity contribution in [1.82, 2.24) is 14.8 Å². The molecule has 0 saturated heterocycles. The lowest BCUT2D eigenvalue weighted by Crippen LogP contribution is -2.39. The molecular weight excluding hydrogens is 390 g/mol. The molecule has 0 saturated carbocycles. The van der Waals surface area contributed by atoms with E-state index < -0.39 is 0 Å². The minimum Gasteiger partial charge on any atom is -0.468 e. The first-order chi connectivity index (χ1) is 15.1. The second kappa shape index (κ2) is 9.18. The molecule has 160 valence electrons. The summed E-state index contributed by atoms with van der Waals surface area (Å²) in [6.07, 6.45) is 1.66. The smallest absolute Gasteiger partial charge is 0.240 e. The number of nitrogens with zero attached hydrogens (tertiary/aromatic N) is 2. The Morgan fingerprint density at radius 1 is 0.968 bits per heavy atom. The van der Waals surface area contributed by atoms with Crippen LogP contribution in [0.15, 0.2) is 76.1 Å². The minimum atomic E-state index is -0.109. The molecule has 2 aromatic heterocycles. The van der Waals surface area contributed by atoms with Crippen molar-refractivity contribution >= 4 is 27.7 Å². The molecule has 1 amide bonds. The van der Waals surface area contributed by atoms with Crippen LogP contribution < -0.4 is 10.7 Å².